The van der Waals surface area contributed by atoms with Crippen LogP contribution < -0.4 is 20.9 Å². The number of fused-ring (bicyclic) bond motifs is 1. The second-order valence-electron chi connectivity index (χ2n) is 9.43. The number of hydrogen-bond donors (Lipinski definition) is 3. The summed E-state index contributed by atoms with van der Waals surface area (Å²) in [4.78, 5) is 34.7. The molecule has 10 nitrogen and oxygen atoms in total. The van der Waals surface area contributed by atoms with Gasteiger partial charge in [0.2, 0.25) is 11.9 Å². The minimum atomic E-state index is -0.430. The maximum absolute atomic E-state index is 13.7. The highest BCUT2D eigenvalue weighted by molar-refractivity contribution is 5.89. The van der Waals surface area contributed by atoms with Crippen molar-refractivity contribution in [1.29, 1.82) is 0 Å². The SMILES string of the molecule is Cc1c([C@H](NC(=O)Nc2cnc(N3CC4(CNC(=O)CO4)C3)nc2)C(C)C)oc2ccc(F)cc12. The highest BCUT2D eigenvalue weighted by Gasteiger charge is 2.47. The van der Waals surface area contributed by atoms with Gasteiger partial charge in [0.1, 0.15) is 29.4 Å². The largest absolute Gasteiger partial charge is 0.459 e. The Labute approximate surface area is 201 Å². The quantitative estimate of drug-likeness (QED) is 0.511. The van der Waals surface area contributed by atoms with Gasteiger partial charge >= 0.3 is 6.03 Å². The molecule has 2 aliphatic rings. The molecular formula is C24H27FN6O4. The molecule has 5 rings (SSSR count). The van der Waals surface area contributed by atoms with Gasteiger partial charge in [-0.15, -0.1) is 0 Å². The van der Waals surface area contributed by atoms with Gasteiger partial charge in [-0.05, 0) is 31.0 Å². The molecule has 11 heteroatoms. The van der Waals surface area contributed by atoms with Crippen molar-refractivity contribution in [1.82, 2.24) is 20.6 Å². The summed E-state index contributed by atoms with van der Waals surface area (Å²) in [6, 6.07) is 3.53. The van der Waals surface area contributed by atoms with Crippen molar-refractivity contribution in [2.45, 2.75) is 32.4 Å². The maximum atomic E-state index is 13.7. The average molecular weight is 483 g/mol. The van der Waals surface area contributed by atoms with E-state index >= 15 is 0 Å². The van der Waals surface area contributed by atoms with Crippen LogP contribution in [0.2, 0.25) is 0 Å². The number of urea groups is 1. The van der Waals surface area contributed by atoms with Crippen LogP contribution in [-0.2, 0) is 9.53 Å². The van der Waals surface area contributed by atoms with Crippen molar-refractivity contribution < 1.29 is 23.1 Å². The number of carbonyl (C=O) groups excluding carboxylic acids is 2. The molecule has 0 aliphatic carbocycles. The number of nitrogens with one attached hydrogen (secondary N) is 3. The summed E-state index contributed by atoms with van der Waals surface area (Å²) < 4.78 is 25.3. The van der Waals surface area contributed by atoms with E-state index in [9.17, 15) is 14.0 Å². The molecule has 0 bridgehead atoms. The van der Waals surface area contributed by atoms with Crippen LogP contribution in [0.1, 0.15) is 31.2 Å². The zero-order valence-electron chi connectivity index (χ0n) is 19.7. The second-order valence-corrected chi connectivity index (χ2v) is 9.43. The summed E-state index contributed by atoms with van der Waals surface area (Å²) >= 11 is 0. The number of benzene rings is 1. The lowest BCUT2D eigenvalue weighted by Gasteiger charge is -2.51. The first-order valence-corrected chi connectivity index (χ1v) is 11.5. The third-order valence-electron chi connectivity index (χ3n) is 6.42. The molecule has 3 amide bonds. The van der Waals surface area contributed by atoms with Crippen molar-refractivity contribution in [3.05, 3.63) is 47.7 Å². The molecule has 0 unspecified atom stereocenters. The van der Waals surface area contributed by atoms with Crippen LogP contribution in [-0.4, -0.2) is 53.7 Å². The number of anilines is 2. The van der Waals surface area contributed by atoms with Crippen molar-refractivity contribution in [2.75, 3.05) is 36.5 Å². The topological polar surface area (TPSA) is 122 Å². The molecule has 4 heterocycles. The molecule has 184 valence electrons. The van der Waals surface area contributed by atoms with Crippen LogP contribution in [0.5, 0.6) is 0 Å². The predicted molar refractivity (Wildman–Crippen MR) is 127 cm³/mol. The molecule has 2 saturated heterocycles. The number of halogens is 1. The van der Waals surface area contributed by atoms with Gasteiger partial charge < -0.3 is 30.0 Å². The first kappa shape index (κ1) is 23.0. The fraction of sp³-hybridized carbons (Fsp3) is 0.417. The minimum absolute atomic E-state index is 0.0222. The highest BCUT2D eigenvalue weighted by Crippen LogP contribution is 2.33. The molecule has 0 radical (unpaired) electrons. The van der Waals surface area contributed by atoms with Crippen molar-refractivity contribution in [3.8, 4) is 0 Å². The van der Waals surface area contributed by atoms with Gasteiger partial charge in [0, 0.05) is 10.9 Å². The Morgan fingerprint density at radius 1 is 1.26 bits per heavy atom. The molecule has 3 N–H and O–H groups in total. The summed E-state index contributed by atoms with van der Waals surface area (Å²) in [7, 11) is 0. The number of aryl methyl sites for hydroxylation is 1. The summed E-state index contributed by atoms with van der Waals surface area (Å²) in [6.07, 6.45) is 3.08. The van der Waals surface area contributed by atoms with Gasteiger partial charge in [0.25, 0.3) is 0 Å². The van der Waals surface area contributed by atoms with E-state index < -0.39 is 12.1 Å². The summed E-state index contributed by atoms with van der Waals surface area (Å²) in [6.45, 7) is 7.49. The van der Waals surface area contributed by atoms with E-state index in [4.69, 9.17) is 9.15 Å². The molecular weight excluding hydrogens is 455 g/mol. The van der Waals surface area contributed by atoms with Gasteiger partial charge in [0.05, 0.1) is 43.8 Å². The lowest BCUT2D eigenvalue weighted by atomic mass is 9.93. The Hall–Kier alpha value is -3.73. The average Bonchev–Trinajstić information content (AvgIpc) is 3.12. The van der Waals surface area contributed by atoms with E-state index in [2.05, 4.69) is 25.9 Å². The molecule has 0 saturated carbocycles. The summed E-state index contributed by atoms with van der Waals surface area (Å²) in [5.41, 5.74) is 1.42. The molecule has 1 spiro atoms. The molecule has 1 atom stereocenters. The Morgan fingerprint density at radius 3 is 2.66 bits per heavy atom. The van der Waals surface area contributed by atoms with Crippen LogP contribution >= 0.6 is 0 Å². The van der Waals surface area contributed by atoms with Crippen LogP contribution in [0.15, 0.2) is 35.0 Å². The molecule has 1 aromatic carbocycles. The maximum Gasteiger partial charge on any atom is 0.319 e. The Kier molecular flexibility index (Phi) is 5.79. The summed E-state index contributed by atoms with van der Waals surface area (Å²) in [5, 5.41) is 9.20. The number of nitrogens with zero attached hydrogens (tertiary/aromatic N) is 3. The second kappa shape index (κ2) is 8.81. The highest BCUT2D eigenvalue weighted by atomic mass is 19.1. The number of rotatable bonds is 5. The first-order valence-electron chi connectivity index (χ1n) is 11.5. The number of hydrogen-bond acceptors (Lipinski definition) is 7. The lowest BCUT2D eigenvalue weighted by Crippen LogP contribution is -2.71. The van der Waals surface area contributed by atoms with E-state index in [1.165, 1.54) is 24.5 Å². The predicted octanol–water partition coefficient (Wildman–Crippen LogP) is 2.89. The van der Waals surface area contributed by atoms with E-state index in [1.54, 1.807) is 6.07 Å². The fourth-order valence-corrected chi connectivity index (χ4v) is 4.48. The van der Waals surface area contributed by atoms with E-state index in [0.29, 0.717) is 48.0 Å². The Bertz CT molecular complexity index is 1260. The number of aromatic nitrogens is 2. The molecule has 2 fully saturated rings. The Morgan fingerprint density at radius 2 is 2.00 bits per heavy atom. The van der Waals surface area contributed by atoms with Gasteiger partial charge in [-0.3, -0.25) is 4.79 Å². The monoisotopic (exact) mass is 482 g/mol. The zero-order chi connectivity index (χ0) is 24.7. The normalized spacial score (nSPS) is 17.9. The third-order valence-corrected chi connectivity index (χ3v) is 6.42. The van der Waals surface area contributed by atoms with Crippen LogP contribution in [0.25, 0.3) is 11.0 Å². The smallest absolute Gasteiger partial charge is 0.319 e. The van der Waals surface area contributed by atoms with Crippen molar-refractivity contribution in [2.24, 2.45) is 5.92 Å². The third kappa shape index (κ3) is 4.51. The van der Waals surface area contributed by atoms with Gasteiger partial charge in [-0.2, -0.15) is 0 Å². The van der Waals surface area contributed by atoms with Crippen LogP contribution in [0.3, 0.4) is 0 Å². The number of morpholine rings is 1. The number of amides is 3. The Balaban J connectivity index is 1.22. The van der Waals surface area contributed by atoms with Gasteiger partial charge in [-0.25, -0.2) is 19.2 Å². The van der Waals surface area contributed by atoms with Crippen molar-refractivity contribution in [3.63, 3.8) is 0 Å². The number of carbonyl (C=O) groups is 2. The van der Waals surface area contributed by atoms with Gasteiger partial charge in [-0.1, -0.05) is 13.8 Å². The first-order chi connectivity index (χ1) is 16.7. The zero-order valence-corrected chi connectivity index (χ0v) is 19.7. The molecule has 35 heavy (non-hydrogen) atoms. The van der Waals surface area contributed by atoms with Crippen LogP contribution in [0.4, 0.5) is 20.8 Å². The molecule has 2 aromatic heterocycles. The van der Waals surface area contributed by atoms with E-state index in [1.807, 2.05) is 25.7 Å². The van der Waals surface area contributed by atoms with Crippen molar-refractivity contribution >= 4 is 34.5 Å². The molecule has 2 aliphatic heterocycles. The molecule has 3 aromatic rings. The number of furan rings is 1. The van der Waals surface area contributed by atoms with Crippen LogP contribution in [0, 0.1) is 18.7 Å². The van der Waals surface area contributed by atoms with E-state index in [0.717, 1.165) is 5.56 Å². The number of ether oxygens (including phenoxy) is 1. The lowest BCUT2D eigenvalue weighted by molar-refractivity contribution is -0.146. The van der Waals surface area contributed by atoms with E-state index in [-0.39, 0.29) is 29.9 Å². The standard InChI is InChI=1S/C24H27FN6O4/c1-13(2)20(21-14(3)17-6-15(25)4-5-18(17)35-21)30-23(33)29-16-7-26-22(27-8-16)31-11-24(12-31)10-28-19(32)9-34-24/h4-8,13,20H,9-12H2,1-3H3,(H,28,32)(H2,29,30,33)/t20-/m1/s1. The van der Waals surface area contributed by atoms with Gasteiger partial charge in [0.15, 0.2) is 0 Å². The summed E-state index contributed by atoms with van der Waals surface area (Å²) in [5.74, 6) is 0.689. The minimum Gasteiger partial charge on any atom is -0.459 e. The fourth-order valence-electron chi connectivity index (χ4n) is 4.48.